The maximum Gasteiger partial charge on any atom is 0.255 e. The number of hydrogen-bond acceptors (Lipinski definition) is 9. The van der Waals surface area contributed by atoms with Crippen molar-refractivity contribution in [1.29, 1.82) is 0 Å². The number of carbonyl (C=O) groups excluding carboxylic acids is 5. The molecular formula is C45H50Cl2FN5O8. The molecule has 3 fully saturated rings. The summed E-state index contributed by atoms with van der Waals surface area (Å²) in [6.07, 6.45) is 5.94. The first-order chi connectivity index (χ1) is 29.6. The number of imide groups is 1. The average Bonchev–Trinajstić information content (AvgIpc) is 3.84. The van der Waals surface area contributed by atoms with E-state index in [1.807, 2.05) is 18.2 Å². The minimum Gasteiger partial charge on any atom is -0.379 e. The zero-order chi connectivity index (χ0) is 42.7. The Morgan fingerprint density at radius 2 is 1.62 bits per heavy atom. The summed E-state index contributed by atoms with van der Waals surface area (Å²) in [6, 6.07) is 14.0. The summed E-state index contributed by atoms with van der Waals surface area (Å²) in [7, 11) is 0. The van der Waals surface area contributed by atoms with Crippen molar-refractivity contribution in [2.45, 2.75) is 93.3 Å². The van der Waals surface area contributed by atoms with Crippen LogP contribution in [0, 0.1) is 5.82 Å². The lowest BCUT2D eigenvalue weighted by Crippen LogP contribution is -2.60. The van der Waals surface area contributed by atoms with Gasteiger partial charge in [-0.25, -0.2) is 4.39 Å². The summed E-state index contributed by atoms with van der Waals surface area (Å²) in [5, 5.41) is 12.4. The van der Waals surface area contributed by atoms with E-state index in [9.17, 15) is 24.0 Å². The molecule has 1 aliphatic carbocycles. The third kappa shape index (κ3) is 8.18. The number of anilines is 1. The third-order valence-electron chi connectivity index (χ3n) is 13.0. The molecule has 4 aliphatic heterocycles. The first-order valence-electron chi connectivity index (χ1n) is 21.1. The van der Waals surface area contributed by atoms with E-state index in [2.05, 4.69) is 21.3 Å². The summed E-state index contributed by atoms with van der Waals surface area (Å²) in [4.78, 5) is 67.3. The van der Waals surface area contributed by atoms with Crippen LogP contribution in [0.4, 0.5) is 10.1 Å². The largest absolute Gasteiger partial charge is 0.379 e. The van der Waals surface area contributed by atoms with Crippen LogP contribution in [0.3, 0.4) is 0 Å². The van der Waals surface area contributed by atoms with Crippen LogP contribution in [0.1, 0.15) is 89.9 Å². The number of nitrogens with zero attached hydrogens (tertiary/aromatic N) is 1. The molecule has 3 aromatic rings. The molecule has 16 heteroatoms. The Bertz CT molecular complexity index is 2200. The van der Waals surface area contributed by atoms with Crippen molar-refractivity contribution in [3.63, 3.8) is 0 Å². The molecule has 0 bridgehead atoms. The summed E-state index contributed by atoms with van der Waals surface area (Å²) < 4.78 is 33.3. The van der Waals surface area contributed by atoms with E-state index in [0.29, 0.717) is 87.1 Å². The number of carbonyl (C=O) groups is 5. The zero-order valence-corrected chi connectivity index (χ0v) is 35.3. The van der Waals surface area contributed by atoms with Crippen LogP contribution in [-0.2, 0) is 51.8 Å². The highest BCUT2D eigenvalue weighted by Crippen LogP contribution is 2.62. The van der Waals surface area contributed by atoms with Crippen LogP contribution in [0.25, 0.3) is 0 Å². The number of piperidine rings is 1. The third-order valence-corrected chi connectivity index (χ3v) is 13.5. The van der Waals surface area contributed by atoms with E-state index in [1.165, 1.54) is 6.07 Å². The van der Waals surface area contributed by atoms with E-state index in [0.717, 1.165) is 36.8 Å². The van der Waals surface area contributed by atoms with Crippen molar-refractivity contribution in [2.75, 3.05) is 51.5 Å². The lowest BCUT2D eigenvalue weighted by Gasteiger charge is -2.47. The SMILES string of the molecule is O=C1CCC(N2Cc3c(CCCOCCOCCOCCNC(=O)[C@@H]4NC5(CCCCC5)[C@@]5(C(=O)Nc6cc(Cl)ccc65)[C@H]4c4cccc(Cl)c4F)cccc3C2=O)C(=O)N1. The van der Waals surface area contributed by atoms with E-state index in [1.54, 1.807) is 35.2 Å². The molecule has 13 nitrogen and oxygen atoms in total. The number of aryl methyl sites for hydroxylation is 1. The first kappa shape index (κ1) is 43.2. The second kappa shape index (κ2) is 18.5. The van der Waals surface area contributed by atoms with Gasteiger partial charge in [-0.1, -0.05) is 72.8 Å². The maximum atomic E-state index is 16.1. The van der Waals surface area contributed by atoms with E-state index < -0.39 is 40.7 Å². The number of benzene rings is 3. The summed E-state index contributed by atoms with van der Waals surface area (Å²) in [5.74, 6) is -3.14. The van der Waals surface area contributed by atoms with Gasteiger partial charge in [-0.3, -0.25) is 34.6 Å². The van der Waals surface area contributed by atoms with E-state index >= 15 is 4.39 Å². The van der Waals surface area contributed by atoms with Crippen molar-refractivity contribution in [2.24, 2.45) is 0 Å². The Hall–Kier alpha value is -4.44. The lowest BCUT2D eigenvalue weighted by molar-refractivity contribution is -0.137. The van der Waals surface area contributed by atoms with Crippen LogP contribution in [-0.4, -0.2) is 98.2 Å². The first-order valence-corrected chi connectivity index (χ1v) is 21.9. The Kier molecular flexibility index (Phi) is 13.1. The molecule has 4 N–H and O–H groups in total. The molecule has 2 saturated heterocycles. The van der Waals surface area contributed by atoms with Gasteiger partial charge in [0.25, 0.3) is 5.91 Å². The number of nitrogens with one attached hydrogen (secondary N) is 4. The van der Waals surface area contributed by atoms with Gasteiger partial charge in [-0.05, 0) is 78.6 Å². The summed E-state index contributed by atoms with van der Waals surface area (Å²) in [5.41, 5.74) is 1.90. The van der Waals surface area contributed by atoms with Gasteiger partial charge in [0.1, 0.15) is 17.3 Å². The highest BCUT2D eigenvalue weighted by molar-refractivity contribution is 6.31. The van der Waals surface area contributed by atoms with Gasteiger partial charge in [-0.2, -0.15) is 0 Å². The molecule has 3 aromatic carbocycles. The Labute approximate surface area is 363 Å². The number of amides is 5. The molecule has 5 amide bonds. The topological polar surface area (TPSA) is 164 Å². The van der Waals surface area contributed by atoms with Gasteiger partial charge < -0.3 is 29.7 Å². The minimum atomic E-state index is -1.30. The van der Waals surface area contributed by atoms with Gasteiger partial charge in [0, 0.05) is 53.8 Å². The average molecular weight is 879 g/mol. The number of hydrogen-bond donors (Lipinski definition) is 4. The van der Waals surface area contributed by atoms with Crippen LogP contribution in [0.15, 0.2) is 54.6 Å². The number of rotatable bonds is 16. The van der Waals surface area contributed by atoms with Crippen LogP contribution < -0.4 is 21.3 Å². The Balaban J connectivity index is 0.784. The molecule has 5 aliphatic rings. The van der Waals surface area contributed by atoms with E-state index in [4.69, 9.17) is 37.4 Å². The van der Waals surface area contributed by atoms with Crippen LogP contribution in [0.2, 0.25) is 10.0 Å². The van der Waals surface area contributed by atoms with Crippen molar-refractivity contribution < 1.29 is 42.6 Å². The molecule has 4 atom stereocenters. The van der Waals surface area contributed by atoms with Crippen LogP contribution >= 0.6 is 23.2 Å². The van der Waals surface area contributed by atoms with Crippen molar-refractivity contribution in [3.05, 3.63) is 98.3 Å². The molecule has 0 aromatic heterocycles. The monoisotopic (exact) mass is 877 g/mol. The molecule has 1 unspecified atom stereocenters. The molecule has 8 rings (SSSR count). The fraction of sp³-hybridized carbons (Fsp3) is 0.489. The zero-order valence-electron chi connectivity index (χ0n) is 33.8. The highest BCUT2D eigenvalue weighted by atomic mass is 35.5. The second-order valence-corrected chi connectivity index (χ2v) is 17.3. The second-order valence-electron chi connectivity index (χ2n) is 16.4. The van der Waals surface area contributed by atoms with Gasteiger partial charge in [0.05, 0.1) is 44.1 Å². The number of ether oxygens (including phenoxy) is 3. The van der Waals surface area contributed by atoms with Gasteiger partial charge in [-0.15, -0.1) is 0 Å². The standard InChI is InChI=1S/C45H50Cl2FN5O8/c46-28-12-13-32-34(25-28)50-43(58)45(32)37(30-10-5-11-33(47)38(30)48)39(52-44(45)16-2-1-3-17-44)41(56)49-18-20-60-22-24-61-23-21-59-19-6-8-27-7-4-9-29-31(27)26-53(42(29)57)35-14-15-36(54)51-40(35)55/h4-5,7,9-13,25,35,37,39,52H,1-3,6,8,14-24,26H2,(H,49,56)(H,50,58)(H,51,54,55)/t35?,37-,39+,45+/m0/s1. The molecule has 324 valence electrons. The number of fused-ring (bicyclic) bond motifs is 4. The Morgan fingerprint density at radius 1 is 0.885 bits per heavy atom. The van der Waals surface area contributed by atoms with Gasteiger partial charge in [0.2, 0.25) is 23.6 Å². The summed E-state index contributed by atoms with van der Waals surface area (Å²) >= 11 is 12.7. The van der Waals surface area contributed by atoms with Gasteiger partial charge in [0.15, 0.2) is 0 Å². The molecular weight excluding hydrogens is 828 g/mol. The highest BCUT2D eigenvalue weighted by Gasteiger charge is 2.72. The molecule has 61 heavy (non-hydrogen) atoms. The van der Waals surface area contributed by atoms with Crippen LogP contribution in [0.5, 0.6) is 0 Å². The predicted octanol–water partition coefficient (Wildman–Crippen LogP) is 5.34. The maximum absolute atomic E-state index is 16.1. The quantitative estimate of drug-likeness (QED) is 0.110. The normalized spacial score (nSPS) is 24.0. The Morgan fingerprint density at radius 3 is 2.39 bits per heavy atom. The number of halogens is 3. The molecule has 4 heterocycles. The minimum absolute atomic E-state index is 0.0818. The van der Waals surface area contributed by atoms with Gasteiger partial charge >= 0.3 is 0 Å². The predicted molar refractivity (Wildman–Crippen MR) is 225 cm³/mol. The van der Waals surface area contributed by atoms with Crippen molar-refractivity contribution in [1.82, 2.24) is 20.9 Å². The van der Waals surface area contributed by atoms with Crippen molar-refractivity contribution >= 4 is 58.4 Å². The molecule has 1 saturated carbocycles. The lowest BCUT2D eigenvalue weighted by atomic mass is 9.55. The van der Waals surface area contributed by atoms with E-state index in [-0.39, 0.29) is 53.8 Å². The molecule has 0 radical (unpaired) electrons. The fourth-order valence-corrected chi connectivity index (χ4v) is 10.7. The molecule has 2 spiro atoms. The summed E-state index contributed by atoms with van der Waals surface area (Å²) in [6.45, 7) is 2.65. The van der Waals surface area contributed by atoms with Crippen molar-refractivity contribution in [3.8, 4) is 0 Å². The smallest absolute Gasteiger partial charge is 0.255 e. The fourth-order valence-electron chi connectivity index (χ4n) is 10.4.